The number of hydrogen-bond acceptors (Lipinski definition) is 20. The van der Waals surface area contributed by atoms with Crippen molar-refractivity contribution in [1.29, 1.82) is 0 Å². The third-order valence-electron chi connectivity index (χ3n) is 19.0. The van der Waals surface area contributed by atoms with E-state index in [1.165, 1.54) is 52.3 Å². The van der Waals surface area contributed by atoms with Crippen molar-refractivity contribution >= 4 is 34.1 Å². The summed E-state index contributed by atoms with van der Waals surface area (Å²) in [5, 5.41) is 30.6. The van der Waals surface area contributed by atoms with E-state index in [0.29, 0.717) is 12.3 Å². The van der Waals surface area contributed by atoms with Crippen molar-refractivity contribution in [3.8, 4) is 45.6 Å². The van der Waals surface area contributed by atoms with E-state index in [1.54, 1.807) is 55.5 Å². The van der Waals surface area contributed by atoms with Gasteiger partial charge >= 0.3 is 80.4 Å². The Morgan fingerprint density at radius 2 is 0.683 bits per heavy atom. The first kappa shape index (κ1) is 97.1. The summed E-state index contributed by atoms with van der Waals surface area (Å²) in [4.78, 5) is 41.4. The van der Waals surface area contributed by atoms with Gasteiger partial charge in [-0.3, -0.25) is 28.7 Å². The molecule has 0 saturated carbocycles. The van der Waals surface area contributed by atoms with Crippen LogP contribution in [0.25, 0.3) is 45.6 Å². The fourth-order valence-corrected chi connectivity index (χ4v) is 12.7. The Bertz CT molecular complexity index is 5210. The van der Waals surface area contributed by atoms with E-state index in [4.69, 9.17) is 0 Å². The molecule has 126 heavy (non-hydrogen) atoms. The number of anilines is 6. The molecule has 644 valence electrons. The standard InChI is InChI=1S/3C11H12N2.2C10H9FN2.C10H10N2.C9H8N3.3C8H6N3.4Ir/c2*1-12-6-7-13-10-5-3-2-4-9(10)8-11(12)13;1-10-3-5-11(6-4-10)13-8-7-12(2)9-13;2*1-12-6-7-13(8-12)10-4-2-9(11)3-5-10;1-11-7-8-12(9-11)10-5-3-2-4-6-10;1-7-6-9(12-11-7)8-4-2-3-5-10-8;3*1-2-5-9-7(3-1)8-4-6-10-11-8;;;;/h2*2-7,11H,8H2,1H3;3-5,7-9H,1-2H3;2*2-4,6-8H,1H3;2-5,7-9H,1H3;2-6H,1H3;3*1-6H;;;;/q;;4*-2;4*-1;4*+3. The fraction of sp³-hybridized carbons (Fsp3) is 0.125. The van der Waals surface area contributed by atoms with Crippen LogP contribution in [0.4, 0.5) is 42.9 Å². The van der Waals surface area contributed by atoms with Crippen LogP contribution >= 0.6 is 0 Å². The Labute approximate surface area is 790 Å². The van der Waals surface area contributed by atoms with Gasteiger partial charge in [-0.15, -0.1) is 65.2 Å². The van der Waals surface area contributed by atoms with Gasteiger partial charge in [-0.25, -0.2) is 0 Å². The molecule has 2 atom stereocenters. The number of hydrogen-bond donors (Lipinski definition) is 0. The predicted molar refractivity (Wildman–Crippen MR) is 475 cm³/mol. The molecule has 0 spiro atoms. The van der Waals surface area contributed by atoms with Gasteiger partial charge < -0.3 is 99.6 Å². The molecule has 0 amide bonds. The molecular formula is C96H90F2Ir4N24. The zero-order valence-corrected chi connectivity index (χ0v) is 79.6. The van der Waals surface area contributed by atoms with Crippen LogP contribution in [0.5, 0.6) is 0 Å². The van der Waals surface area contributed by atoms with E-state index in [0.717, 1.165) is 86.8 Å². The zero-order valence-electron chi connectivity index (χ0n) is 70.0. The minimum absolute atomic E-state index is 0. The van der Waals surface area contributed by atoms with E-state index in [9.17, 15) is 8.78 Å². The second-order valence-corrected chi connectivity index (χ2v) is 28.1. The summed E-state index contributed by atoms with van der Waals surface area (Å²) in [7, 11) is 12.1. The summed E-state index contributed by atoms with van der Waals surface area (Å²) in [5.41, 5.74) is 18.4. The number of benzene rings is 6. The monoisotopic (exact) mass is 2390 g/mol. The summed E-state index contributed by atoms with van der Waals surface area (Å²) in [6.07, 6.45) is 39.5. The minimum Gasteiger partial charge on any atom is -0.574 e. The first-order chi connectivity index (χ1) is 59.6. The molecule has 24 nitrogen and oxygen atoms in total. The summed E-state index contributed by atoms with van der Waals surface area (Å²) in [6, 6.07) is 82.5. The molecular weight excluding hydrogens is 2300 g/mol. The van der Waals surface area contributed by atoms with Gasteiger partial charge in [0.2, 0.25) is 0 Å². The van der Waals surface area contributed by atoms with Gasteiger partial charge in [-0.1, -0.05) is 115 Å². The summed E-state index contributed by atoms with van der Waals surface area (Å²) in [5.74, 6) is -0.527. The van der Waals surface area contributed by atoms with Crippen molar-refractivity contribution in [2.75, 3.05) is 71.7 Å². The first-order valence-corrected chi connectivity index (χ1v) is 39.0. The normalized spacial score (nSPS) is 14.7. The van der Waals surface area contributed by atoms with Gasteiger partial charge in [0.15, 0.2) is 0 Å². The van der Waals surface area contributed by atoms with Crippen molar-refractivity contribution in [3.05, 3.63) is 427 Å². The molecule has 22 rings (SSSR count). The van der Waals surface area contributed by atoms with Crippen molar-refractivity contribution in [2.45, 2.75) is 39.0 Å². The van der Waals surface area contributed by atoms with Gasteiger partial charge in [0, 0.05) is 147 Å². The zero-order chi connectivity index (χ0) is 84.8. The van der Waals surface area contributed by atoms with Crippen LogP contribution in [0.3, 0.4) is 0 Å². The average Bonchev–Trinajstić information content (AvgIpc) is 1.63. The molecule has 16 heterocycles. The van der Waals surface area contributed by atoms with Crippen LogP contribution in [0, 0.1) is 76.4 Å². The van der Waals surface area contributed by atoms with Crippen molar-refractivity contribution in [1.82, 2.24) is 90.1 Å². The predicted octanol–water partition coefficient (Wildman–Crippen LogP) is 16.2. The number of aryl methyl sites for hydroxylation is 2. The van der Waals surface area contributed by atoms with Crippen LogP contribution in [0.2, 0.25) is 0 Å². The Morgan fingerprint density at radius 1 is 0.333 bits per heavy atom. The third-order valence-corrected chi connectivity index (χ3v) is 19.0. The molecule has 0 aliphatic carbocycles. The smallest absolute Gasteiger partial charge is 0.574 e. The number of nitrogens with zero attached hydrogens (tertiary/aromatic N) is 24. The molecule has 8 aliphatic heterocycles. The van der Waals surface area contributed by atoms with Crippen molar-refractivity contribution < 1.29 is 89.2 Å². The van der Waals surface area contributed by atoms with Crippen LogP contribution in [-0.2, 0) is 93.3 Å². The molecule has 0 saturated heterocycles. The van der Waals surface area contributed by atoms with E-state index in [-0.39, 0.29) is 92.1 Å². The molecule has 8 aromatic heterocycles. The number of para-hydroxylation sites is 3. The summed E-state index contributed by atoms with van der Waals surface area (Å²) < 4.78 is 25.1. The fourth-order valence-electron chi connectivity index (χ4n) is 12.7. The molecule has 0 N–H and O–H groups in total. The number of pyridine rings is 4. The van der Waals surface area contributed by atoms with E-state index >= 15 is 0 Å². The summed E-state index contributed by atoms with van der Waals surface area (Å²) in [6.45, 7) is 11.8. The molecule has 8 aliphatic rings. The van der Waals surface area contributed by atoms with E-state index in [2.05, 4.69) is 211 Å². The van der Waals surface area contributed by atoms with Crippen LogP contribution in [-0.4, -0.2) is 124 Å². The topological polar surface area (TPSA) is 198 Å². The quantitative estimate of drug-likeness (QED) is 0.130. The van der Waals surface area contributed by atoms with Crippen molar-refractivity contribution in [2.24, 2.45) is 0 Å². The SMILES string of the molecule is CN1C=CN(c2[c-]cc(F)cc2)[CH-]1.CN1C=CN(c2[c-]cc(F)cc2)[CH-]1.CN1C=CN(c2[c-]cccc2)[CH-]1.CN1C=CN2c3ccccc3CC12.CN1C=CN2c3ccccc3CC12.Cc1c[c-]c(N2C=CN(C)[CH-]2)cc1.Cc1cc(-c2ccccn2)[n-]n1.[Ir+3].[Ir+3].[Ir+3].[Ir+3].c1ccc(-c2ccn[n-]2)nc1.c1ccc(-c2ccn[n-]2)nc1.c1ccc(-c2ccn[n-]2)nc1. The van der Waals surface area contributed by atoms with Crippen LogP contribution < -0.4 is 49.8 Å². The molecule has 14 aromatic rings. The Kier molecular flexibility index (Phi) is 38.3. The number of likely N-dealkylation sites (N-methyl/N-ethyl adjacent to an activating group) is 2. The first-order valence-electron chi connectivity index (χ1n) is 39.0. The second kappa shape index (κ2) is 49.7. The minimum atomic E-state index is -0.264. The molecule has 6 aromatic carbocycles. The Hall–Kier alpha value is -12.7. The van der Waals surface area contributed by atoms with Gasteiger partial charge in [-0.2, -0.15) is 92.9 Å². The van der Waals surface area contributed by atoms with Crippen LogP contribution in [0.15, 0.2) is 342 Å². The van der Waals surface area contributed by atoms with Gasteiger partial charge in [-0.05, 0) is 157 Å². The molecule has 0 radical (unpaired) electrons. The van der Waals surface area contributed by atoms with Crippen LogP contribution in [0.1, 0.15) is 22.4 Å². The van der Waals surface area contributed by atoms with Crippen molar-refractivity contribution in [3.63, 3.8) is 0 Å². The van der Waals surface area contributed by atoms with Gasteiger partial charge in [0.05, 0.1) is 0 Å². The number of halogens is 2. The maximum Gasteiger partial charge on any atom is 3.00 e. The maximum absolute atomic E-state index is 12.6. The van der Waals surface area contributed by atoms with Gasteiger partial charge in [0.25, 0.3) is 0 Å². The molecule has 30 heteroatoms. The average molecular weight is 2390 g/mol. The number of fused-ring (bicyclic) bond motifs is 6. The number of aromatic nitrogens is 12. The molecule has 2 unspecified atom stereocenters. The summed E-state index contributed by atoms with van der Waals surface area (Å²) >= 11 is 0. The molecule has 0 bridgehead atoms. The maximum atomic E-state index is 12.6. The number of rotatable bonds is 8. The largest absolute Gasteiger partial charge is 3.00 e. The molecule has 0 fully saturated rings. The Morgan fingerprint density at radius 3 is 0.976 bits per heavy atom. The Balaban J connectivity index is 0.000000158. The van der Waals surface area contributed by atoms with E-state index in [1.807, 2.05) is 278 Å². The third kappa shape index (κ3) is 28.1. The second-order valence-electron chi connectivity index (χ2n) is 28.1. The van der Waals surface area contributed by atoms with E-state index < -0.39 is 0 Å². The van der Waals surface area contributed by atoms with Gasteiger partial charge in [0.1, 0.15) is 12.3 Å².